The van der Waals surface area contributed by atoms with Crippen molar-refractivity contribution >= 4 is 10.9 Å². The average Bonchev–Trinajstić information content (AvgIpc) is 3.30. The van der Waals surface area contributed by atoms with Gasteiger partial charge in [0, 0.05) is 29.1 Å². The van der Waals surface area contributed by atoms with Gasteiger partial charge in [0.1, 0.15) is 11.9 Å². The number of hydrogen-bond acceptors (Lipinski definition) is 5. The van der Waals surface area contributed by atoms with Gasteiger partial charge in [0.15, 0.2) is 0 Å². The zero-order valence-electron chi connectivity index (χ0n) is 13.6. The summed E-state index contributed by atoms with van der Waals surface area (Å²) in [5, 5.41) is 15.5. The summed E-state index contributed by atoms with van der Waals surface area (Å²) in [6, 6.07) is 15.3. The summed E-state index contributed by atoms with van der Waals surface area (Å²) >= 11 is 0. The Bertz CT molecular complexity index is 989. The Morgan fingerprint density at radius 3 is 2.76 bits per heavy atom. The van der Waals surface area contributed by atoms with Crippen molar-refractivity contribution in [3.05, 3.63) is 66.2 Å². The minimum absolute atomic E-state index is 0.205. The van der Waals surface area contributed by atoms with Crippen LogP contribution in [0, 0.1) is 0 Å². The third kappa shape index (κ3) is 2.99. The van der Waals surface area contributed by atoms with Crippen LogP contribution in [-0.4, -0.2) is 27.3 Å². The smallest absolute Gasteiger partial charge is 0.256 e. The first kappa shape index (κ1) is 15.4. The molecule has 6 heteroatoms. The maximum Gasteiger partial charge on any atom is 0.256 e. The van der Waals surface area contributed by atoms with Crippen LogP contribution in [-0.2, 0) is 6.42 Å². The number of nitrogens with zero attached hydrogens (tertiary/aromatic N) is 2. The van der Waals surface area contributed by atoms with Crippen molar-refractivity contribution in [3.8, 4) is 17.1 Å². The van der Waals surface area contributed by atoms with Crippen LogP contribution in [0.1, 0.15) is 17.6 Å². The van der Waals surface area contributed by atoms with E-state index in [4.69, 9.17) is 9.26 Å². The first-order chi connectivity index (χ1) is 12.2. The number of aliphatic hydroxyl groups excluding tert-OH is 1. The van der Waals surface area contributed by atoms with Gasteiger partial charge in [-0.1, -0.05) is 23.4 Å². The Labute approximate surface area is 144 Å². The number of rotatable bonds is 5. The number of aromatic amines is 1. The van der Waals surface area contributed by atoms with Crippen LogP contribution < -0.4 is 4.74 Å². The van der Waals surface area contributed by atoms with Gasteiger partial charge < -0.3 is 19.4 Å². The molecule has 0 bridgehead atoms. The summed E-state index contributed by atoms with van der Waals surface area (Å²) < 4.78 is 10.4. The number of nitrogens with one attached hydrogen (secondary N) is 1. The molecular weight excluding hydrogens is 318 g/mol. The Kier molecular flexibility index (Phi) is 3.95. The molecule has 4 aromatic rings. The van der Waals surface area contributed by atoms with Crippen LogP contribution >= 0.6 is 0 Å². The molecule has 0 saturated carbocycles. The maximum atomic E-state index is 10.5. The minimum atomic E-state index is -0.862. The number of aromatic nitrogens is 3. The van der Waals surface area contributed by atoms with Gasteiger partial charge >= 0.3 is 0 Å². The van der Waals surface area contributed by atoms with Crippen LogP contribution in [0.3, 0.4) is 0 Å². The molecule has 1 unspecified atom stereocenters. The van der Waals surface area contributed by atoms with E-state index in [0.717, 1.165) is 27.8 Å². The van der Waals surface area contributed by atoms with Crippen molar-refractivity contribution < 1.29 is 14.4 Å². The number of H-pyrrole nitrogens is 1. The quantitative estimate of drug-likeness (QED) is 0.583. The second-order valence-electron chi connectivity index (χ2n) is 5.76. The van der Waals surface area contributed by atoms with Crippen LogP contribution in [0.15, 0.2) is 59.3 Å². The molecular formula is C19H17N3O3. The summed E-state index contributed by atoms with van der Waals surface area (Å²) in [7, 11) is 1.61. The van der Waals surface area contributed by atoms with Crippen molar-refractivity contribution in [3.63, 3.8) is 0 Å². The number of hydrogen-bond donors (Lipinski definition) is 2. The fraction of sp³-hybridized carbons (Fsp3) is 0.158. The van der Waals surface area contributed by atoms with Crippen molar-refractivity contribution in [1.82, 2.24) is 15.1 Å². The zero-order chi connectivity index (χ0) is 17.2. The van der Waals surface area contributed by atoms with E-state index in [1.807, 2.05) is 54.7 Å². The molecule has 4 rings (SSSR count). The summed E-state index contributed by atoms with van der Waals surface area (Å²) in [6.07, 6.45) is 1.43. The molecule has 1 atom stereocenters. The lowest BCUT2D eigenvalue weighted by Crippen LogP contribution is -2.01. The van der Waals surface area contributed by atoms with Gasteiger partial charge in [-0.2, -0.15) is 4.98 Å². The molecule has 0 aliphatic carbocycles. The third-order valence-corrected chi connectivity index (χ3v) is 4.16. The van der Waals surface area contributed by atoms with Gasteiger partial charge in [0.2, 0.25) is 5.82 Å². The molecule has 2 aromatic carbocycles. The number of fused-ring (bicyclic) bond motifs is 1. The summed E-state index contributed by atoms with van der Waals surface area (Å²) in [6.45, 7) is 0. The van der Waals surface area contributed by atoms with Gasteiger partial charge in [-0.05, 0) is 35.9 Å². The highest BCUT2D eigenvalue weighted by Gasteiger charge is 2.19. The number of ether oxygens (including phenoxy) is 1. The Morgan fingerprint density at radius 2 is 1.96 bits per heavy atom. The predicted molar refractivity (Wildman–Crippen MR) is 93.2 cm³/mol. The maximum absolute atomic E-state index is 10.5. The van der Waals surface area contributed by atoms with Gasteiger partial charge in [0.25, 0.3) is 5.89 Å². The first-order valence-corrected chi connectivity index (χ1v) is 7.95. The molecule has 126 valence electrons. The summed E-state index contributed by atoms with van der Waals surface area (Å²) in [4.78, 5) is 7.51. The van der Waals surface area contributed by atoms with E-state index < -0.39 is 6.10 Å². The molecule has 0 amide bonds. The molecule has 2 N–H and O–H groups in total. The number of aliphatic hydroxyl groups is 1. The lowest BCUT2D eigenvalue weighted by molar-refractivity contribution is 0.134. The molecule has 0 aliphatic heterocycles. The number of benzene rings is 2. The first-order valence-electron chi connectivity index (χ1n) is 7.95. The number of para-hydroxylation sites is 1. The van der Waals surface area contributed by atoms with E-state index >= 15 is 0 Å². The predicted octanol–water partition coefficient (Wildman–Crippen LogP) is 3.50. The molecule has 0 spiro atoms. The molecule has 0 fully saturated rings. The largest absolute Gasteiger partial charge is 0.497 e. The van der Waals surface area contributed by atoms with Gasteiger partial charge in [-0.25, -0.2) is 0 Å². The van der Waals surface area contributed by atoms with Crippen molar-refractivity contribution in [1.29, 1.82) is 0 Å². The Balaban J connectivity index is 1.54. The van der Waals surface area contributed by atoms with Gasteiger partial charge in [-0.15, -0.1) is 0 Å². The van der Waals surface area contributed by atoms with E-state index in [-0.39, 0.29) is 5.89 Å². The van der Waals surface area contributed by atoms with Gasteiger partial charge in [-0.3, -0.25) is 0 Å². The summed E-state index contributed by atoms with van der Waals surface area (Å²) in [5.41, 5.74) is 2.84. The highest BCUT2D eigenvalue weighted by Crippen LogP contribution is 2.26. The highest BCUT2D eigenvalue weighted by atomic mass is 16.5. The Hall–Kier alpha value is -3.12. The molecule has 2 aromatic heterocycles. The highest BCUT2D eigenvalue weighted by molar-refractivity contribution is 5.83. The second-order valence-corrected chi connectivity index (χ2v) is 5.76. The normalized spacial score (nSPS) is 12.4. The zero-order valence-corrected chi connectivity index (χ0v) is 13.6. The lowest BCUT2D eigenvalue weighted by atomic mass is 10.1. The molecule has 2 heterocycles. The minimum Gasteiger partial charge on any atom is -0.497 e. The van der Waals surface area contributed by atoms with Crippen LogP contribution in [0.25, 0.3) is 22.3 Å². The standard InChI is InChI=1S/C19H17N3O3/c1-24-14-8-6-12(7-9-14)18-21-19(25-22-18)17(23)10-13-11-20-16-5-3-2-4-15(13)16/h2-9,11,17,20,23H,10H2,1H3. The number of methoxy groups -OCH3 is 1. The molecule has 0 saturated heterocycles. The lowest BCUT2D eigenvalue weighted by Gasteiger charge is -2.04. The van der Waals surface area contributed by atoms with Gasteiger partial charge in [0.05, 0.1) is 7.11 Å². The monoisotopic (exact) mass is 335 g/mol. The fourth-order valence-electron chi connectivity index (χ4n) is 2.82. The van der Waals surface area contributed by atoms with Crippen molar-refractivity contribution in [2.24, 2.45) is 0 Å². The molecule has 0 aliphatic rings. The van der Waals surface area contributed by atoms with Crippen LogP contribution in [0.2, 0.25) is 0 Å². The average molecular weight is 335 g/mol. The fourth-order valence-corrected chi connectivity index (χ4v) is 2.82. The van der Waals surface area contributed by atoms with E-state index in [9.17, 15) is 5.11 Å². The van der Waals surface area contributed by atoms with Crippen LogP contribution in [0.4, 0.5) is 0 Å². The second kappa shape index (κ2) is 6.41. The molecule has 25 heavy (non-hydrogen) atoms. The molecule has 0 radical (unpaired) electrons. The van der Waals surface area contributed by atoms with E-state index in [0.29, 0.717) is 12.2 Å². The third-order valence-electron chi connectivity index (χ3n) is 4.16. The van der Waals surface area contributed by atoms with E-state index in [1.54, 1.807) is 7.11 Å². The van der Waals surface area contributed by atoms with Crippen LogP contribution in [0.5, 0.6) is 5.75 Å². The van der Waals surface area contributed by atoms with E-state index in [2.05, 4.69) is 15.1 Å². The topological polar surface area (TPSA) is 84.2 Å². The van der Waals surface area contributed by atoms with Crippen molar-refractivity contribution in [2.75, 3.05) is 7.11 Å². The molecule has 6 nitrogen and oxygen atoms in total. The van der Waals surface area contributed by atoms with E-state index in [1.165, 1.54) is 0 Å². The van der Waals surface area contributed by atoms with Crippen molar-refractivity contribution in [2.45, 2.75) is 12.5 Å². The summed E-state index contributed by atoms with van der Waals surface area (Å²) in [5.74, 6) is 1.40. The Morgan fingerprint density at radius 1 is 1.16 bits per heavy atom. The SMILES string of the molecule is COc1ccc(-c2noc(C(O)Cc3c[nH]c4ccccc34)n2)cc1.